The van der Waals surface area contributed by atoms with Crippen LogP contribution in [0, 0.1) is 17.3 Å². The van der Waals surface area contributed by atoms with Gasteiger partial charge >= 0.3 is 11.7 Å². The van der Waals surface area contributed by atoms with E-state index in [0.717, 1.165) is 0 Å². The Morgan fingerprint density at radius 3 is 2.88 bits per heavy atom. The van der Waals surface area contributed by atoms with Crippen LogP contribution in [-0.2, 0) is 11.2 Å². The number of carboxylic acids is 1. The molecule has 130 valence electrons. The van der Waals surface area contributed by atoms with E-state index in [1.807, 2.05) is 13.8 Å². The van der Waals surface area contributed by atoms with Crippen LogP contribution >= 0.6 is 0 Å². The smallest absolute Gasteiger partial charge is 0.345 e. The first-order chi connectivity index (χ1) is 11.3. The zero-order valence-corrected chi connectivity index (χ0v) is 13.8. The van der Waals surface area contributed by atoms with Gasteiger partial charge in [0.2, 0.25) is 0 Å². The van der Waals surface area contributed by atoms with Crippen LogP contribution in [-0.4, -0.2) is 58.0 Å². The van der Waals surface area contributed by atoms with E-state index in [9.17, 15) is 19.5 Å². The van der Waals surface area contributed by atoms with Crippen LogP contribution < -0.4 is 11.0 Å². The van der Waals surface area contributed by atoms with Gasteiger partial charge in [0.1, 0.15) is 11.1 Å². The van der Waals surface area contributed by atoms with Crippen molar-refractivity contribution in [3.8, 4) is 0 Å². The summed E-state index contributed by atoms with van der Waals surface area (Å²) in [5, 5.41) is 12.7. The van der Waals surface area contributed by atoms with Crippen molar-refractivity contribution in [2.75, 3.05) is 26.2 Å². The van der Waals surface area contributed by atoms with Crippen LogP contribution in [0.2, 0.25) is 0 Å². The van der Waals surface area contributed by atoms with Gasteiger partial charge in [-0.2, -0.15) is 4.98 Å². The Morgan fingerprint density at radius 1 is 1.50 bits per heavy atom. The lowest BCUT2D eigenvalue weighted by Gasteiger charge is -2.22. The normalized spacial score (nSPS) is 26.0. The van der Waals surface area contributed by atoms with Gasteiger partial charge in [-0.1, -0.05) is 13.8 Å². The lowest BCUT2D eigenvalue weighted by atomic mass is 9.81. The summed E-state index contributed by atoms with van der Waals surface area (Å²) >= 11 is 0. The molecule has 3 heterocycles. The third-order valence-corrected chi connectivity index (χ3v) is 4.89. The average Bonchev–Trinajstić information content (AvgIpc) is 3.02. The molecule has 2 atom stereocenters. The highest BCUT2D eigenvalue weighted by Gasteiger charge is 2.56. The third kappa shape index (κ3) is 2.82. The van der Waals surface area contributed by atoms with E-state index < -0.39 is 17.1 Å². The van der Waals surface area contributed by atoms with Gasteiger partial charge in [-0.3, -0.25) is 9.59 Å². The number of hydrogen-bond donors (Lipinski definition) is 3. The number of nitrogens with zero attached hydrogens (tertiary/aromatic N) is 2. The van der Waals surface area contributed by atoms with Crippen molar-refractivity contribution in [1.29, 1.82) is 0 Å². The topological polar surface area (TPSA) is 115 Å². The monoisotopic (exact) mass is 334 g/mol. The maximum atomic E-state index is 12.7. The molecule has 2 aliphatic heterocycles. The Bertz CT molecular complexity index is 729. The number of amides is 1. The number of rotatable bonds is 4. The van der Waals surface area contributed by atoms with Crippen molar-refractivity contribution >= 4 is 11.9 Å². The van der Waals surface area contributed by atoms with E-state index in [2.05, 4.69) is 15.3 Å². The molecular formula is C16H22N4O4. The molecule has 8 heteroatoms. The van der Waals surface area contributed by atoms with Crippen LogP contribution in [0.25, 0.3) is 0 Å². The second-order valence-electron chi connectivity index (χ2n) is 7.17. The summed E-state index contributed by atoms with van der Waals surface area (Å²) in [5.74, 6) is -1.04. The SMILES string of the molecule is CC(C)Cc1cc(C(=O)N2C[C@@H]3CNC[C@]3(C(=O)O)C2)nc(=O)[nH]1. The first-order valence-electron chi connectivity index (χ1n) is 8.15. The molecule has 3 N–H and O–H groups in total. The summed E-state index contributed by atoms with van der Waals surface area (Å²) in [6.45, 7) is 5.49. The van der Waals surface area contributed by atoms with Crippen LogP contribution in [0.4, 0.5) is 0 Å². The number of aromatic nitrogens is 2. The van der Waals surface area contributed by atoms with E-state index in [1.54, 1.807) is 6.07 Å². The molecule has 0 unspecified atom stereocenters. The number of aromatic amines is 1. The molecule has 1 aromatic rings. The second-order valence-corrected chi connectivity index (χ2v) is 7.17. The molecule has 0 aromatic carbocycles. The standard InChI is InChI=1S/C16H22N4O4/c1-9(2)3-11-4-12(19-15(24)18-11)13(21)20-6-10-5-17-7-16(10,8-20)14(22)23/h4,9-10,17H,3,5-8H2,1-2H3,(H,22,23)(H,18,19,24)/t10-,16-/m0/s1. The molecule has 2 aliphatic rings. The predicted octanol–water partition coefficient (Wildman–Crippen LogP) is -0.285. The Hall–Kier alpha value is -2.22. The highest BCUT2D eigenvalue weighted by Crippen LogP contribution is 2.39. The molecule has 2 fully saturated rings. The first-order valence-corrected chi connectivity index (χ1v) is 8.15. The summed E-state index contributed by atoms with van der Waals surface area (Å²) in [7, 11) is 0. The van der Waals surface area contributed by atoms with Crippen molar-refractivity contribution in [3.63, 3.8) is 0 Å². The maximum absolute atomic E-state index is 12.7. The summed E-state index contributed by atoms with van der Waals surface area (Å²) < 4.78 is 0. The number of carbonyl (C=O) groups excluding carboxylic acids is 1. The Morgan fingerprint density at radius 2 is 2.25 bits per heavy atom. The number of carboxylic acid groups (broad SMARTS) is 1. The molecule has 1 amide bonds. The third-order valence-electron chi connectivity index (χ3n) is 4.89. The summed E-state index contributed by atoms with van der Waals surface area (Å²) in [6.07, 6.45) is 0.643. The molecule has 24 heavy (non-hydrogen) atoms. The van der Waals surface area contributed by atoms with E-state index in [0.29, 0.717) is 37.7 Å². The molecule has 0 bridgehead atoms. The van der Waals surface area contributed by atoms with Crippen LogP contribution in [0.1, 0.15) is 30.0 Å². The van der Waals surface area contributed by atoms with Crippen LogP contribution in [0.15, 0.2) is 10.9 Å². The molecule has 1 aromatic heterocycles. The van der Waals surface area contributed by atoms with Gasteiger partial charge in [-0.25, -0.2) is 4.79 Å². The Labute approximate surface area is 139 Å². The van der Waals surface area contributed by atoms with Crippen LogP contribution in [0.3, 0.4) is 0 Å². The van der Waals surface area contributed by atoms with Gasteiger partial charge in [-0.05, 0) is 18.4 Å². The molecule has 0 aliphatic carbocycles. The fraction of sp³-hybridized carbons (Fsp3) is 0.625. The molecule has 0 saturated carbocycles. The fourth-order valence-corrected chi connectivity index (χ4v) is 3.71. The fourth-order valence-electron chi connectivity index (χ4n) is 3.71. The number of aliphatic carboxylic acids is 1. The Kier molecular flexibility index (Phi) is 4.16. The average molecular weight is 334 g/mol. The second kappa shape index (κ2) is 6.01. The number of carbonyl (C=O) groups is 2. The van der Waals surface area contributed by atoms with Crippen molar-refractivity contribution in [3.05, 3.63) is 27.9 Å². The van der Waals surface area contributed by atoms with Crippen molar-refractivity contribution in [2.45, 2.75) is 20.3 Å². The minimum absolute atomic E-state index is 0.0860. The zero-order valence-electron chi connectivity index (χ0n) is 13.8. The maximum Gasteiger partial charge on any atom is 0.345 e. The van der Waals surface area contributed by atoms with Crippen molar-refractivity contribution in [1.82, 2.24) is 20.2 Å². The van der Waals surface area contributed by atoms with Gasteiger partial charge < -0.3 is 20.3 Å². The number of likely N-dealkylation sites (tertiary alicyclic amines) is 1. The molecule has 3 rings (SSSR count). The lowest BCUT2D eigenvalue weighted by molar-refractivity contribution is -0.148. The molecule has 2 saturated heterocycles. The van der Waals surface area contributed by atoms with Crippen molar-refractivity contribution < 1.29 is 14.7 Å². The minimum Gasteiger partial charge on any atom is -0.481 e. The minimum atomic E-state index is -0.933. The summed E-state index contributed by atoms with van der Waals surface area (Å²) in [4.78, 5) is 44.1. The van der Waals surface area contributed by atoms with Gasteiger partial charge in [0, 0.05) is 37.8 Å². The highest BCUT2D eigenvalue weighted by molar-refractivity contribution is 5.93. The number of nitrogens with one attached hydrogen (secondary N) is 2. The number of H-pyrrole nitrogens is 1. The van der Waals surface area contributed by atoms with Gasteiger partial charge in [0.05, 0.1) is 0 Å². The molecule has 0 spiro atoms. The van der Waals surface area contributed by atoms with Crippen molar-refractivity contribution in [2.24, 2.45) is 17.3 Å². The zero-order chi connectivity index (χ0) is 17.5. The predicted molar refractivity (Wildman–Crippen MR) is 85.7 cm³/mol. The van der Waals surface area contributed by atoms with E-state index in [1.165, 1.54) is 4.90 Å². The first kappa shape index (κ1) is 16.6. The van der Waals surface area contributed by atoms with E-state index in [-0.39, 0.29) is 24.1 Å². The molecular weight excluding hydrogens is 312 g/mol. The highest BCUT2D eigenvalue weighted by atomic mass is 16.4. The molecule has 8 nitrogen and oxygen atoms in total. The summed E-state index contributed by atoms with van der Waals surface area (Å²) in [5.41, 5.74) is -0.729. The van der Waals surface area contributed by atoms with E-state index in [4.69, 9.17) is 0 Å². The Balaban J connectivity index is 1.84. The van der Waals surface area contributed by atoms with Crippen LogP contribution in [0.5, 0.6) is 0 Å². The quantitative estimate of drug-likeness (QED) is 0.697. The van der Waals surface area contributed by atoms with E-state index >= 15 is 0 Å². The molecule has 0 radical (unpaired) electrons. The van der Waals surface area contributed by atoms with Gasteiger partial charge in [0.15, 0.2) is 0 Å². The lowest BCUT2D eigenvalue weighted by Crippen LogP contribution is -2.41. The number of hydrogen-bond acceptors (Lipinski definition) is 5. The summed E-state index contributed by atoms with van der Waals surface area (Å²) in [6, 6.07) is 1.60. The van der Waals surface area contributed by atoms with Gasteiger partial charge in [0.25, 0.3) is 5.91 Å². The van der Waals surface area contributed by atoms with Gasteiger partial charge in [-0.15, -0.1) is 0 Å². The number of fused-ring (bicyclic) bond motifs is 1. The largest absolute Gasteiger partial charge is 0.481 e.